The summed E-state index contributed by atoms with van der Waals surface area (Å²) in [5, 5.41) is 0. The Morgan fingerprint density at radius 2 is 2.20 bits per heavy atom. The molecule has 1 amide bonds. The van der Waals surface area contributed by atoms with E-state index in [1.807, 2.05) is 6.92 Å². The van der Waals surface area contributed by atoms with Gasteiger partial charge in [0.2, 0.25) is 5.91 Å². The number of piperidine rings is 1. The van der Waals surface area contributed by atoms with E-state index in [0.29, 0.717) is 6.54 Å². The number of hydrogen-bond donors (Lipinski definition) is 1. The van der Waals surface area contributed by atoms with Crippen LogP contribution in [-0.2, 0) is 11.2 Å². The molecule has 0 saturated carbocycles. The molecule has 1 aromatic rings. The van der Waals surface area contributed by atoms with E-state index in [1.165, 1.54) is 12.1 Å². The van der Waals surface area contributed by atoms with Gasteiger partial charge in [0, 0.05) is 25.0 Å². The molecule has 0 spiro atoms. The molecule has 1 fully saturated rings. The molecule has 110 valence electrons. The highest BCUT2D eigenvalue weighted by atomic mass is 19.2. The normalized spacial score (nSPS) is 22.9. The van der Waals surface area contributed by atoms with Crippen molar-refractivity contribution in [3.63, 3.8) is 0 Å². The van der Waals surface area contributed by atoms with Crippen LogP contribution in [0.5, 0.6) is 0 Å². The van der Waals surface area contributed by atoms with Gasteiger partial charge >= 0.3 is 0 Å². The lowest BCUT2D eigenvalue weighted by molar-refractivity contribution is -0.134. The second kappa shape index (κ2) is 6.31. The Bertz CT molecular complexity index is 493. The van der Waals surface area contributed by atoms with Crippen LogP contribution >= 0.6 is 0 Å². The van der Waals surface area contributed by atoms with E-state index >= 15 is 0 Å². The minimum absolute atomic E-state index is 0.0203. The van der Waals surface area contributed by atoms with Crippen molar-refractivity contribution in [1.29, 1.82) is 0 Å². The van der Waals surface area contributed by atoms with Gasteiger partial charge in [-0.15, -0.1) is 0 Å². The second-order valence-corrected chi connectivity index (χ2v) is 5.43. The van der Waals surface area contributed by atoms with Crippen molar-refractivity contribution in [2.75, 3.05) is 6.54 Å². The van der Waals surface area contributed by atoms with E-state index in [2.05, 4.69) is 0 Å². The summed E-state index contributed by atoms with van der Waals surface area (Å²) in [6, 6.07) is 4.31. The van der Waals surface area contributed by atoms with Crippen LogP contribution in [0.4, 0.5) is 8.78 Å². The summed E-state index contributed by atoms with van der Waals surface area (Å²) in [6.45, 7) is 2.62. The molecule has 1 saturated heterocycles. The summed E-state index contributed by atoms with van der Waals surface area (Å²) in [7, 11) is 0. The van der Waals surface area contributed by atoms with Gasteiger partial charge in [-0.1, -0.05) is 12.1 Å². The van der Waals surface area contributed by atoms with Gasteiger partial charge in [-0.2, -0.15) is 0 Å². The molecular weight excluding hydrogens is 262 g/mol. The van der Waals surface area contributed by atoms with Crippen molar-refractivity contribution < 1.29 is 13.6 Å². The SMILES string of the molecule is C[C@H]1C[C@@H](N)CCN1C(=O)CCc1cccc(F)c1F. The third kappa shape index (κ3) is 3.33. The van der Waals surface area contributed by atoms with Crippen molar-refractivity contribution in [2.45, 2.75) is 44.7 Å². The number of amides is 1. The summed E-state index contributed by atoms with van der Waals surface area (Å²) in [5.41, 5.74) is 6.11. The van der Waals surface area contributed by atoms with Crippen molar-refractivity contribution >= 4 is 5.91 Å². The van der Waals surface area contributed by atoms with Gasteiger partial charge in [0.15, 0.2) is 11.6 Å². The minimum atomic E-state index is -0.868. The van der Waals surface area contributed by atoms with Gasteiger partial charge in [0.1, 0.15) is 0 Å². The number of nitrogens with two attached hydrogens (primary N) is 1. The molecule has 5 heteroatoms. The largest absolute Gasteiger partial charge is 0.340 e. The van der Waals surface area contributed by atoms with Gasteiger partial charge in [-0.25, -0.2) is 8.78 Å². The van der Waals surface area contributed by atoms with Crippen LogP contribution in [0.15, 0.2) is 18.2 Å². The van der Waals surface area contributed by atoms with Crippen LogP contribution in [0, 0.1) is 11.6 Å². The molecule has 0 aromatic heterocycles. The predicted molar refractivity (Wildman–Crippen MR) is 73.1 cm³/mol. The van der Waals surface area contributed by atoms with Gasteiger partial charge in [0.05, 0.1) is 0 Å². The third-order valence-electron chi connectivity index (χ3n) is 3.88. The Morgan fingerprint density at radius 1 is 1.45 bits per heavy atom. The van der Waals surface area contributed by atoms with E-state index < -0.39 is 11.6 Å². The minimum Gasteiger partial charge on any atom is -0.340 e. The lowest BCUT2D eigenvalue weighted by Gasteiger charge is -2.36. The first-order valence-electron chi connectivity index (χ1n) is 6.97. The van der Waals surface area contributed by atoms with E-state index in [9.17, 15) is 13.6 Å². The first-order valence-corrected chi connectivity index (χ1v) is 6.97. The highest BCUT2D eigenvalue weighted by Gasteiger charge is 2.26. The van der Waals surface area contributed by atoms with Gasteiger partial charge in [0.25, 0.3) is 0 Å². The Hall–Kier alpha value is -1.49. The number of hydrogen-bond acceptors (Lipinski definition) is 2. The van der Waals surface area contributed by atoms with Crippen LogP contribution in [0.25, 0.3) is 0 Å². The van der Waals surface area contributed by atoms with Crippen LogP contribution in [0.2, 0.25) is 0 Å². The number of aryl methyl sites for hydroxylation is 1. The summed E-state index contributed by atoms with van der Waals surface area (Å²) < 4.78 is 26.6. The average Bonchev–Trinajstić information content (AvgIpc) is 2.40. The number of likely N-dealkylation sites (tertiary alicyclic amines) is 1. The number of rotatable bonds is 3. The maximum Gasteiger partial charge on any atom is 0.223 e. The Kier molecular flexibility index (Phi) is 4.70. The van der Waals surface area contributed by atoms with Crippen molar-refractivity contribution in [2.24, 2.45) is 5.73 Å². The second-order valence-electron chi connectivity index (χ2n) is 5.43. The van der Waals surface area contributed by atoms with Crippen molar-refractivity contribution in [3.05, 3.63) is 35.4 Å². The molecule has 2 N–H and O–H groups in total. The predicted octanol–water partition coefficient (Wildman–Crippen LogP) is 2.24. The van der Waals surface area contributed by atoms with Gasteiger partial charge in [-0.3, -0.25) is 4.79 Å². The van der Waals surface area contributed by atoms with Crippen LogP contribution in [-0.4, -0.2) is 29.4 Å². The zero-order chi connectivity index (χ0) is 14.7. The fourth-order valence-electron chi connectivity index (χ4n) is 2.71. The van der Waals surface area contributed by atoms with Crippen LogP contribution in [0.1, 0.15) is 31.7 Å². The maximum atomic E-state index is 13.5. The molecule has 0 aliphatic carbocycles. The summed E-state index contributed by atoms with van der Waals surface area (Å²) in [5.74, 6) is -1.74. The molecule has 0 bridgehead atoms. The molecule has 1 heterocycles. The molecular formula is C15H20F2N2O. The average molecular weight is 282 g/mol. The highest BCUT2D eigenvalue weighted by molar-refractivity contribution is 5.76. The van der Waals surface area contributed by atoms with Crippen molar-refractivity contribution in [1.82, 2.24) is 4.90 Å². The van der Waals surface area contributed by atoms with Gasteiger partial charge < -0.3 is 10.6 Å². The number of halogens is 2. The quantitative estimate of drug-likeness (QED) is 0.924. The Morgan fingerprint density at radius 3 is 2.90 bits per heavy atom. The molecule has 0 unspecified atom stereocenters. The molecule has 2 rings (SSSR count). The standard InChI is InChI=1S/C15H20F2N2O/c1-10-9-12(18)7-8-19(10)14(20)6-5-11-3-2-4-13(16)15(11)17/h2-4,10,12H,5-9,18H2,1H3/t10-,12-/m0/s1. The Labute approximate surface area is 117 Å². The lowest BCUT2D eigenvalue weighted by atomic mass is 9.98. The van der Waals surface area contributed by atoms with E-state index in [1.54, 1.807) is 4.90 Å². The first-order chi connectivity index (χ1) is 9.49. The lowest BCUT2D eigenvalue weighted by Crippen LogP contribution is -2.48. The molecule has 2 atom stereocenters. The fourth-order valence-corrected chi connectivity index (χ4v) is 2.71. The van der Waals surface area contributed by atoms with Crippen LogP contribution < -0.4 is 5.73 Å². The smallest absolute Gasteiger partial charge is 0.223 e. The van der Waals surface area contributed by atoms with Gasteiger partial charge in [-0.05, 0) is 37.8 Å². The zero-order valence-electron chi connectivity index (χ0n) is 11.6. The number of nitrogens with zero attached hydrogens (tertiary/aromatic N) is 1. The number of benzene rings is 1. The van der Waals surface area contributed by atoms with E-state index in [-0.39, 0.29) is 36.4 Å². The first kappa shape index (κ1) is 14.9. The molecule has 3 nitrogen and oxygen atoms in total. The van der Waals surface area contributed by atoms with Crippen LogP contribution in [0.3, 0.4) is 0 Å². The maximum absolute atomic E-state index is 13.5. The van der Waals surface area contributed by atoms with E-state index in [0.717, 1.165) is 18.9 Å². The zero-order valence-corrected chi connectivity index (χ0v) is 11.6. The summed E-state index contributed by atoms with van der Waals surface area (Å²) >= 11 is 0. The fraction of sp³-hybridized carbons (Fsp3) is 0.533. The van der Waals surface area contributed by atoms with E-state index in [4.69, 9.17) is 5.73 Å². The molecule has 0 radical (unpaired) electrons. The molecule has 20 heavy (non-hydrogen) atoms. The summed E-state index contributed by atoms with van der Waals surface area (Å²) in [4.78, 5) is 13.9. The summed E-state index contributed by atoms with van der Waals surface area (Å²) in [6.07, 6.45) is 2.00. The third-order valence-corrected chi connectivity index (χ3v) is 3.88. The number of carbonyl (C=O) groups excluding carboxylic acids is 1. The molecule has 1 aliphatic rings. The molecule has 1 aliphatic heterocycles. The highest BCUT2D eigenvalue weighted by Crippen LogP contribution is 2.19. The monoisotopic (exact) mass is 282 g/mol. The topological polar surface area (TPSA) is 46.3 Å². The number of carbonyl (C=O) groups is 1. The van der Waals surface area contributed by atoms with Crippen molar-refractivity contribution in [3.8, 4) is 0 Å². The molecule has 1 aromatic carbocycles. The Balaban J connectivity index is 1.93.